The zero-order chi connectivity index (χ0) is 12.4. The molecule has 1 aromatic heterocycles. The molecule has 6 nitrogen and oxygen atoms in total. The van der Waals surface area contributed by atoms with Crippen LogP contribution in [0.5, 0.6) is 0 Å². The molecule has 2 N–H and O–H groups in total. The van der Waals surface area contributed by atoms with Crippen molar-refractivity contribution in [3.63, 3.8) is 0 Å². The zero-order valence-electron chi connectivity index (χ0n) is 8.45. The molecule has 2 aromatic rings. The molecule has 17 heavy (non-hydrogen) atoms. The van der Waals surface area contributed by atoms with Crippen molar-refractivity contribution >= 4 is 32.8 Å². The van der Waals surface area contributed by atoms with E-state index in [1.54, 1.807) is 6.07 Å². The zero-order valence-corrected chi connectivity index (χ0v) is 10.0. The Morgan fingerprint density at radius 1 is 1.29 bits per heavy atom. The summed E-state index contributed by atoms with van der Waals surface area (Å²) in [6, 6.07) is 4.56. The highest BCUT2D eigenvalue weighted by molar-refractivity contribution is 9.09. The Kier molecular flexibility index (Phi) is 3.10. The first kappa shape index (κ1) is 11.6. The van der Waals surface area contributed by atoms with Crippen molar-refractivity contribution in [1.29, 1.82) is 0 Å². The van der Waals surface area contributed by atoms with Crippen LogP contribution in [0.2, 0.25) is 0 Å². The van der Waals surface area contributed by atoms with Gasteiger partial charge in [0.05, 0.1) is 16.5 Å². The van der Waals surface area contributed by atoms with Gasteiger partial charge in [-0.15, -0.1) is 0 Å². The highest BCUT2D eigenvalue weighted by atomic mass is 79.9. The van der Waals surface area contributed by atoms with Gasteiger partial charge in [-0.2, -0.15) is 0 Å². The predicted molar refractivity (Wildman–Crippen MR) is 64.4 cm³/mol. The molecule has 0 radical (unpaired) electrons. The quantitative estimate of drug-likeness (QED) is 0.631. The second kappa shape index (κ2) is 4.54. The molecule has 1 heterocycles. The summed E-state index contributed by atoms with van der Waals surface area (Å²) in [5, 5.41) is 0.109. The van der Waals surface area contributed by atoms with E-state index in [0.717, 1.165) is 0 Å². The molecule has 2 rings (SSSR count). The topological polar surface area (TPSA) is 92.0 Å². The number of benzene rings is 1. The average Bonchev–Trinajstić information content (AvgIpc) is 2.28. The smallest absolute Gasteiger partial charge is 0.339 e. The van der Waals surface area contributed by atoms with E-state index in [0.29, 0.717) is 5.52 Å². The highest BCUT2D eigenvalue weighted by Gasteiger charge is 2.14. The van der Waals surface area contributed by atoms with Crippen LogP contribution in [0.15, 0.2) is 27.8 Å². The van der Waals surface area contributed by atoms with E-state index >= 15 is 0 Å². The second-order valence-electron chi connectivity index (χ2n) is 3.18. The maximum absolute atomic E-state index is 11.6. The van der Waals surface area contributed by atoms with Gasteiger partial charge in [0, 0.05) is 0 Å². The van der Waals surface area contributed by atoms with Gasteiger partial charge in [0.15, 0.2) is 0 Å². The number of halogens is 1. The minimum Gasteiger partial charge on any atom is -0.450 e. The minimum atomic E-state index is -0.634. The minimum absolute atomic E-state index is 0.0312. The molecule has 1 aromatic carbocycles. The molecular weight excluding hydrogens is 292 g/mol. The summed E-state index contributed by atoms with van der Waals surface area (Å²) in [5.41, 5.74) is -0.801. The summed E-state index contributed by atoms with van der Waals surface area (Å²) in [7, 11) is 0. The van der Waals surface area contributed by atoms with Crippen LogP contribution in [-0.2, 0) is 4.74 Å². The maximum Gasteiger partial charge on any atom is 0.339 e. The molecule has 0 unspecified atom stereocenters. The third kappa shape index (κ3) is 2.14. The Hall–Kier alpha value is -1.89. The van der Waals surface area contributed by atoms with Crippen molar-refractivity contribution < 1.29 is 9.53 Å². The van der Waals surface area contributed by atoms with Crippen LogP contribution in [0.25, 0.3) is 10.9 Å². The van der Waals surface area contributed by atoms with Gasteiger partial charge >= 0.3 is 11.7 Å². The monoisotopic (exact) mass is 298 g/mol. The fourth-order valence-electron chi connectivity index (χ4n) is 1.52. The summed E-state index contributed by atoms with van der Waals surface area (Å²) < 4.78 is 4.75. The van der Waals surface area contributed by atoms with Crippen LogP contribution in [0, 0.1) is 0 Å². The Morgan fingerprint density at radius 2 is 2.06 bits per heavy atom. The molecule has 0 amide bonds. The molecule has 0 saturated heterocycles. The predicted octanol–water partition coefficient (Wildman–Crippen LogP) is 0.726. The molecule has 0 bridgehead atoms. The van der Waals surface area contributed by atoms with Crippen molar-refractivity contribution in [3.05, 3.63) is 44.6 Å². The van der Waals surface area contributed by atoms with E-state index in [-0.39, 0.29) is 16.5 Å². The molecule has 0 atom stereocenters. The summed E-state index contributed by atoms with van der Waals surface area (Å²) in [6.07, 6.45) is 0. The van der Waals surface area contributed by atoms with Gasteiger partial charge in [-0.1, -0.05) is 6.07 Å². The molecule has 0 fully saturated rings. The van der Waals surface area contributed by atoms with E-state index in [2.05, 4.69) is 25.9 Å². The number of rotatable bonds is 2. The Balaban J connectivity index is 2.78. The molecule has 0 spiro atoms. The second-order valence-corrected chi connectivity index (χ2v) is 3.64. The summed E-state index contributed by atoms with van der Waals surface area (Å²) in [6.45, 7) is 0. The van der Waals surface area contributed by atoms with Gasteiger partial charge in [0.1, 0.15) is 5.52 Å². The van der Waals surface area contributed by atoms with Crippen LogP contribution in [-0.4, -0.2) is 21.5 Å². The van der Waals surface area contributed by atoms with Crippen LogP contribution >= 0.6 is 15.9 Å². The standard InChI is InChI=1S/C10H7BrN2O4/c11-4-17-9(15)5-2-1-3-6-7(5)8(14)13-10(16)12-6/h1-3H,4H2,(H2,12,13,14,16). The lowest BCUT2D eigenvalue weighted by Crippen LogP contribution is -2.23. The van der Waals surface area contributed by atoms with Crippen molar-refractivity contribution in [2.45, 2.75) is 0 Å². The third-order valence-electron chi connectivity index (χ3n) is 2.17. The van der Waals surface area contributed by atoms with Gasteiger partial charge in [-0.3, -0.25) is 9.78 Å². The van der Waals surface area contributed by atoms with E-state index in [4.69, 9.17) is 4.74 Å². The number of aromatic amines is 2. The average molecular weight is 299 g/mol. The summed E-state index contributed by atoms with van der Waals surface area (Å²) in [4.78, 5) is 38.8. The fraction of sp³-hybridized carbons (Fsp3) is 0.100. The number of ether oxygens (including phenoxy) is 1. The van der Waals surface area contributed by atoms with Crippen molar-refractivity contribution in [1.82, 2.24) is 9.97 Å². The number of nitrogens with one attached hydrogen (secondary N) is 2. The van der Waals surface area contributed by atoms with Gasteiger partial charge in [0.2, 0.25) is 0 Å². The molecule has 0 saturated carbocycles. The van der Waals surface area contributed by atoms with Crippen LogP contribution in [0.4, 0.5) is 0 Å². The summed E-state index contributed by atoms with van der Waals surface area (Å²) >= 11 is 2.95. The van der Waals surface area contributed by atoms with E-state index in [1.807, 2.05) is 0 Å². The Morgan fingerprint density at radius 3 is 2.76 bits per heavy atom. The van der Waals surface area contributed by atoms with Crippen LogP contribution in [0.3, 0.4) is 0 Å². The first-order valence-corrected chi connectivity index (χ1v) is 5.74. The first-order valence-electron chi connectivity index (χ1n) is 4.62. The number of carbonyl (C=O) groups is 1. The lowest BCUT2D eigenvalue weighted by Gasteiger charge is -2.03. The Bertz CT molecular complexity index is 689. The number of esters is 1. The number of alkyl halides is 1. The lowest BCUT2D eigenvalue weighted by molar-refractivity contribution is 0.0586. The van der Waals surface area contributed by atoms with Crippen molar-refractivity contribution in [2.75, 3.05) is 5.52 Å². The number of hydrogen-bond acceptors (Lipinski definition) is 4. The largest absolute Gasteiger partial charge is 0.450 e. The molecule has 7 heteroatoms. The molecule has 0 aliphatic heterocycles. The lowest BCUT2D eigenvalue weighted by atomic mass is 10.1. The number of H-pyrrole nitrogens is 2. The maximum atomic E-state index is 11.6. The number of hydrogen-bond donors (Lipinski definition) is 2. The third-order valence-corrected chi connectivity index (χ3v) is 2.40. The first-order chi connectivity index (χ1) is 8.13. The van der Waals surface area contributed by atoms with E-state index in [1.165, 1.54) is 12.1 Å². The number of fused-ring (bicyclic) bond motifs is 1. The SMILES string of the molecule is O=C(OCBr)c1cccc2[nH]c(=O)[nH]c(=O)c12. The van der Waals surface area contributed by atoms with Gasteiger partial charge in [-0.25, -0.2) is 9.59 Å². The van der Waals surface area contributed by atoms with E-state index < -0.39 is 17.2 Å². The summed E-state index contributed by atoms with van der Waals surface area (Å²) in [5.74, 6) is -0.634. The van der Waals surface area contributed by atoms with Crippen LogP contribution < -0.4 is 11.2 Å². The highest BCUT2D eigenvalue weighted by Crippen LogP contribution is 2.12. The number of aromatic nitrogens is 2. The molecular formula is C10H7BrN2O4. The van der Waals surface area contributed by atoms with E-state index in [9.17, 15) is 14.4 Å². The van der Waals surface area contributed by atoms with Gasteiger partial charge in [0.25, 0.3) is 5.56 Å². The molecule has 0 aliphatic rings. The van der Waals surface area contributed by atoms with Gasteiger partial charge < -0.3 is 9.72 Å². The Labute approximate surface area is 103 Å². The van der Waals surface area contributed by atoms with Crippen molar-refractivity contribution in [2.24, 2.45) is 0 Å². The van der Waals surface area contributed by atoms with Gasteiger partial charge in [-0.05, 0) is 28.1 Å². The normalized spacial score (nSPS) is 10.4. The fourth-order valence-corrected chi connectivity index (χ4v) is 1.73. The van der Waals surface area contributed by atoms with Crippen molar-refractivity contribution in [3.8, 4) is 0 Å². The number of carbonyl (C=O) groups excluding carboxylic acids is 1. The molecule has 88 valence electrons. The van der Waals surface area contributed by atoms with Crippen LogP contribution in [0.1, 0.15) is 10.4 Å². The molecule has 0 aliphatic carbocycles.